The van der Waals surface area contributed by atoms with Gasteiger partial charge in [0.1, 0.15) is 11.3 Å². The largest absolute Gasteiger partial charge is 0.506 e. The van der Waals surface area contributed by atoms with Gasteiger partial charge in [0.05, 0.1) is 10.8 Å². The van der Waals surface area contributed by atoms with E-state index in [1.54, 1.807) is 37.3 Å². The first-order valence-electron chi connectivity index (χ1n) is 12.8. The number of benzene rings is 3. The van der Waals surface area contributed by atoms with Gasteiger partial charge in [-0.2, -0.15) is 0 Å². The van der Waals surface area contributed by atoms with Gasteiger partial charge in [0.2, 0.25) is 0 Å². The molecule has 4 heteroatoms. The molecular formula is C33H32O4. The number of Topliss-reactive ketones (excluding diaryl/α,β-unsaturated/α-hetero) is 3. The molecule has 0 amide bonds. The van der Waals surface area contributed by atoms with Crippen molar-refractivity contribution in [3.63, 3.8) is 0 Å². The lowest BCUT2D eigenvalue weighted by Gasteiger charge is -2.59. The van der Waals surface area contributed by atoms with Crippen LogP contribution >= 0.6 is 0 Å². The van der Waals surface area contributed by atoms with E-state index in [2.05, 4.69) is 0 Å². The van der Waals surface area contributed by atoms with E-state index in [-0.39, 0.29) is 29.5 Å². The van der Waals surface area contributed by atoms with Crippen LogP contribution in [0.4, 0.5) is 0 Å². The molecule has 3 atom stereocenters. The zero-order valence-electron chi connectivity index (χ0n) is 21.5. The maximum absolute atomic E-state index is 14.4. The molecule has 3 aromatic rings. The van der Waals surface area contributed by atoms with Gasteiger partial charge >= 0.3 is 0 Å². The van der Waals surface area contributed by atoms with E-state index in [0.29, 0.717) is 18.4 Å². The molecule has 4 nitrogen and oxygen atoms in total. The molecule has 0 unspecified atom stereocenters. The second-order valence-corrected chi connectivity index (χ2v) is 11.3. The van der Waals surface area contributed by atoms with Crippen molar-refractivity contribution in [2.24, 2.45) is 22.2 Å². The van der Waals surface area contributed by atoms with Crippen LogP contribution in [-0.2, 0) is 27.2 Å². The first kappa shape index (κ1) is 24.9. The summed E-state index contributed by atoms with van der Waals surface area (Å²) in [7, 11) is 0. The maximum Gasteiger partial charge on any atom is 0.184 e. The number of ketones is 3. The van der Waals surface area contributed by atoms with Crippen LogP contribution in [0.2, 0.25) is 0 Å². The number of fused-ring (bicyclic) bond motifs is 2. The molecule has 0 saturated heterocycles. The standard InChI is InChI=1S/C33H32O4/c1-31(2)25(19-22-13-7-4-8-14-22)21-33(20-23-15-9-5-10-16-23)29(36)26(28(35)32(31,3)30(33)37)27(34)24-17-11-6-12-18-24/h4-18,25,34H,19-21H2,1-3H3/b27-26-/t25-,32+,33-/m1/s1. The van der Waals surface area contributed by atoms with Gasteiger partial charge in [-0.25, -0.2) is 0 Å². The highest BCUT2D eigenvalue weighted by Crippen LogP contribution is 2.63. The molecule has 2 fully saturated rings. The van der Waals surface area contributed by atoms with Crippen LogP contribution < -0.4 is 0 Å². The topological polar surface area (TPSA) is 71.4 Å². The first-order valence-corrected chi connectivity index (χ1v) is 12.8. The lowest BCUT2D eigenvalue weighted by atomic mass is 9.40. The van der Waals surface area contributed by atoms with Crippen LogP contribution in [-0.4, -0.2) is 22.5 Å². The SMILES string of the molecule is CC1(C)[C@H](Cc2ccccc2)C[C@]2(Cc3ccccc3)C(=O)/C(=C(\O)c3ccccc3)C(=O)[C@@]1(C)C2=O. The van der Waals surface area contributed by atoms with Gasteiger partial charge in [-0.1, -0.05) is 105 Å². The number of carbonyl (C=O) groups excluding carboxylic acids is 3. The monoisotopic (exact) mass is 492 g/mol. The molecule has 0 aromatic heterocycles. The van der Waals surface area contributed by atoms with Crippen molar-refractivity contribution in [2.45, 2.75) is 40.0 Å². The third-order valence-corrected chi connectivity index (χ3v) is 9.09. The molecule has 0 radical (unpaired) electrons. The van der Waals surface area contributed by atoms with E-state index in [9.17, 15) is 19.5 Å². The first-order chi connectivity index (χ1) is 17.6. The minimum absolute atomic E-state index is 0.102. The molecule has 2 saturated carbocycles. The summed E-state index contributed by atoms with van der Waals surface area (Å²) in [4.78, 5) is 43.1. The molecule has 188 valence electrons. The van der Waals surface area contributed by atoms with Crippen LogP contribution in [0, 0.1) is 22.2 Å². The van der Waals surface area contributed by atoms with Gasteiger partial charge < -0.3 is 5.11 Å². The molecule has 0 spiro atoms. The third kappa shape index (κ3) is 3.69. The zero-order valence-corrected chi connectivity index (χ0v) is 21.5. The Morgan fingerprint density at radius 1 is 0.757 bits per heavy atom. The van der Waals surface area contributed by atoms with Gasteiger partial charge in [-0.05, 0) is 48.6 Å². The highest BCUT2D eigenvalue weighted by Gasteiger charge is 2.72. The summed E-state index contributed by atoms with van der Waals surface area (Å²) in [6.45, 7) is 5.63. The van der Waals surface area contributed by atoms with E-state index in [0.717, 1.165) is 11.1 Å². The van der Waals surface area contributed by atoms with Crippen molar-refractivity contribution >= 4 is 23.1 Å². The number of carbonyl (C=O) groups is 3. The number of hydrogen-bond acceptors (Lipinski definition) is 4. The van der Waals surface area contributed by atoms with Gasteiger partial charge in [-0.15, -0.1) is 0 Å². The molecule has 2 aliphatic rings. The summed E-state index contributed by atoms with van der Waals surface area (Å²) in [6, 6.07) is 28.2. The fourth-order valence-electron chi connectivity index (χ4n) is 6.49. The highest BCUT2D eigenvalue weighted by atomic mass is 16.3. The summed E-state index contributed by atoms with van der Waals surface area (Å²) in [5.41, 5.74) is -1.53. The normalized spacial score (nSPS) is 28.2. The average molecular weight is 493 g/mol. The van der Waals surface area contributed by atoms with Gasteiger partial charge in [0, 0.05) is 5.56 Å². The zero-order chi connectivity index (χ0) is 26.4. The Bertz CT molecular complexity index is 1390. The third-order valence-electron chi connectivity index (χ3n) is 9.09. The number of aliphatic hydroxyl groups is 1. The highest BCUT2D eigenvalue weighted by molar-refractivity contribution is 6.41. The smallest absolute Gasteiger partial charge is 0.184 e. The molecule has 1 N–H and O–H groups in total. The quantitative estimate of drug-likeness (QED) is 0.199. The average Bonchev–Trinajstić information content (AvgIpc) is 2.91. The van der Waals surface area contributed by atoms with Crippen molar-refractivity contribution < 1.29 is 19.5 Å². The Morgan fingerprint density at radius 3 is 1.84 bits per heavy atom. The number of allylic oxidation sites excluding steroid dienone is 1. The lowest BCUT2D eigenvalue weighted by molar-refractivity contribution is -0.174. The number of hydrogen-bond donors (Lipinski definition) is 1. The molecule has 5 rings (SSSR count). The molecule has 0 heterocycles. The molecule has 0 aliphatic heterocycles. The van der Waals surface area contributed by atoms with Crippen LogP contribution in [0.25, 0.3) is 5.76 Å². The van der Waals surface area contributed by atoms with Gasteiger partial charge in [-0.3, -0.25) is 14.4 Å². The molecule has 37 heavy (non-hydrogen) atoms. The summed E-state index contributed by atoms with van der Waals surface area (Å²) in [6.07, 6.45) is 1.16. The Hall–Kier alpha value is -3.79. The fraction of sp³-hybridized carbons (Fsp3) is 0.303. The van der Waals surface area contributed by atoms with Gasteiger partial charge in [0.15, 0.2) is 17.3 Å². The predicted octanol–water partition coefficient (Wildman–Crippen LogP) is 6.20. The minimum atomic E-state index is -1.47. The van der Waals surface area contributed by atoms with Crippen LogP contribution in [0.5, 0.6) is 0 Å². The van der Waals surface area contributed by atoms with Crippen LogP contribution in [0.15, 0.2) is 96.6 Å². The molecule has 3 aromatic carbocycles. The van der Waals surface area contributed by atoms with Gasteiger partial charge in [0.25, 0.3) is 0 Å². The van der Waals surface area contributed by atoms with E-state index >= 15 is 0 Å². The van der Waals surface area contributed by atoms with E-state index < -0.39 is 27.8 Å². The van der Waals surface area contributed by atoms with Crippen molar-refractivity contribution in [3.05, 3.63) is 113 Å². The van der Waals surface area contributed by atoms with Crippen LogP contribution in [0.3, 0.4) is 0 Å². The Labute approximate surface area is 218 Å². The molecule has 2 bridgehead atoms. The lowest BCUT2D eigenvalue weighted by Crippen LogP contribution is -2.69. The Balaban J connectivity index is 1.73. The predicted molar refractivity (Wildman–Crippen MR) is 144 cm³/mol. The summed E-state index contributed by atoms with van der Waals surface area (Å²) >= 11 is 0. The van der Waals surface area contributed by atoms with E-state index in [4.69, 9.17) is 0 Å². The summed E-state index contributed by atoms with van der Waals surface area (Å²) < 4.78 is 0. The second kappa shape index (κ2) is 8.95. The Morgan fingerprint density at radius 2 is 1.27 bits per heavy atom. The van der Waals surface area contributed by atoms with Crippen molar-refractivity contribution in [1.82, 2.24) is 0 Å². The number of aliphatic hydroxyl groups excluding tert-OH is 1. The van der Waals surface area contributed by atoms with Crippen molar-refractivity contribution in [3.8, 4) is 0 Å². The van der Waals surface area contributed by atoms with Crippen LogP contribution in [0.1, 0.15) is 43.9 Å². The van der Waals surface area contributed by atoms with Crippen molar-refractivity contribution in [2.75, 3.05) is 0 Å². The second-order valence-electron chi connectivity index (χ2n) is 11.3. The summed E-state index contributed by atoms with van der Waals surface area (Å²) in [5, 5.41) is 11.3. The number of rotatable bonds is 5. The molecular weight excluding hydrogens is 460 g/mol. The fourth-order valence-corrected chi connectivity index (χ4v) is 6.49. The van der Waals surface area contributed by atoms with E-state index in [1.165, 1.54) is 0 Å². The van der Waals surface area contributed by atoms with Crippen molar-refractivity contribution in [1.29, 1.82) is 0 Å². The maximum atomic E-state index is 14.4. The minimum Gasteiger partial charge on any atom is -0.506 e. The van der Waals surface area contributed by atoms with E-state index in [1.807, 2.05) is 74.5 Å². The Kier molecular flexibility index (Phi) is 6.02. The molecule has 2 aliphatic carbocycles. The summed E-state index contributed by atoms with van der Waals surface area (Å²) in [5.74, 6) is -1.90.